The van der Waals surface area contributed by atoms with Crippen molar-refractivity contribution in [1.82, 2.24) is 0 Å². The average molecular weight is 286 g/mol. The van der Waals surface area contributed by atoms with E-state index in [1.807, 2.05) is 0 Å². The summed E-state index contributed by atoms with van der Waals surface area (Å²) < 4.78 is 64.1. The molecule has 0 aliphatic rings. The predicted octanol–water partition coefficient (Wildman–Crippen LogP) is 2.28. The van der Waals surface area contributed by atoms with E-state index in [1.54, 1.807) is 0 Å². The summed E-state index contributed by atoms with van der Waals surface area (Å²) in [6.45, 7) is 0. The summed E-state index contributed by atoms with van der Waals surface area (Å²) in [5.74, 6) is -5.58. The molecule has 0 saturated heterocycles. The molecule has 0 bridgehead atoms. The monoisotopic (exact) mass is 285 g/mol. The smallest absolute Gasteiger partial charge is 0.453 e. The van der Waals surface area contributed by atoms with E-state index in [0.29, 0.717) is 0 Å². The number of halogens is 6. The molecule has 0 saturated carbocycles. The molecule has 9 heteroatoms. The van der Waals surface area contributed by atoms with Crippen LogP contribution in [0.15, 0.2) is 0 Å². The second-order valence-corrected chi connectivity index (χ2v) is 3.22. The van der Waals surface area contributed by atoms with Crippen molar-refractivity contribution in [3.05, 3.63) is 0 Å². The van der Waals surface area contributed by atoms with E-state index >= 15 is 0 Å². The SMILES string of the molecule is COC(=O)C(N)CCCC(F)(F)C(F)(F)F.Cl. The summed E-state index contributed by atoms with van der Waals surface area (Å²) in [5.41, 5.74) is 5.17. The minimum Gasteiger partial charge on any atom is -0.468 e. The maximum atomic E-state index is 12.4. The number of nitrogens with two attached hydrogens (primary N) is 1. The van der Waals surface area contributed by atoms with E-state index in [0.717, 1.165) is 7.11 Å². The summed E-state index contributed by atoms with van der Waals surface area (Å²) in [7, 11) is 1.05. The first kappa shape index (κ1) is 18.7. The van der Waals surface area contributed by atoms with Gasteiger partial charge in [-0.05, 0) is 12.8 Å². The molecule has 0 spiro atoms. The van der Waals surface area contributed by atoms with E-state index < -0.39 is 37.0 Å². The molecular weight excluding hydrogens is 273 g/mol. The third kappa shape index (κ3) is 6.02. The summed E-state index contributed by atoms with van der Waals surface area (Å²) >= 11 is 0. The molecule has 104 valence electrons. The third-order valence-corrected chi connectivity index (χ3v) is 1.92. The summed E-state index contributed by atoms with van der Waals surface area (Å²) in [4.78, 5) is 10.7. The van der Waals surface area contributed by atoms with Gasteiger partial charge >= 0.3 is 18.1 Å². The number of ether oxygens (including phenoxy) is 1. The second kappa shape index (κ2) is 6.95. The minimum atomic E-state index is -5.57. The normalized spacial score (nSPS) is 13.8. The molecule has 2 N–H and O–H groups in total. The van der Waals surface area contributed by atoms with Gasteiger partial charge < -0.3 is 10.5 Å². The van der Waals surface area contributed by atoms with Gasteiger partial charge in [0.1, 0.15) is 6.04 Å². The molecule has 0 heterocycles. The van der Waals surface area contributed by atoms with Crippen molar-refractivity contribution in [3.8, 4) is 0 Å². The molecule has 17 heavy (non-hydrogen) atoms. The molecule has 0 aromatic heterocycles. The fourth-order valence-electron chi connectivity index (χ4n) is 0.955. The maximum Gasteiger partial charge on any atom is 0.453 e. The second-order valence-electron chi connectivity index (χ2n) is 3.22. The van der Waals surface area contributed by atoms with Crippen LogP contribution in [0.1, 0.15) is 19.3 Å². The fraction of sp³-hybridized carbons (Fsp3) is 0.875. The first-order valence-electron chi connectivity index (χ1n) is 4.40. The molecule has 1 atom stereocenters. The Balaban J connectivity index is 0. The zero-order chi connectivity index (χ0) is 13.0. The van der Waals surface area contributed by atoms with Crippen molar-refractivity contribution >= 4 is 18.4 Å². The number of carbonyl (C=O) groups excluding carboxylic acids is 1. The van der Waals surface area contributed by atoms with Gasteiger partial charge in [0.15, 0.2) is 0 Å². The van der Waals surface area contributed by atoms with Gasteiger partial charge in [-0.25, -0.2) is 0 Å². The number of rotatable bonds is 5. The van der Waals surface area contributed by atoms with Crippen LogP contribution in [0.4, 0.5) is 22.0 Å². The van der Waals surface area contributed by atoms with Crippen LogP contribution in [0.5, 0.6) is 0 Å². The lowest BCUT2D eigenvalue weighted by molar-refractivity contribution is -0.284. The summed E-state index contributed by atoms with van der Waals surface area (Å²) in [6.07, 6.45) is -7.75. The van der Waals surface area contributed by atoms with Crippen molar-refractivity contribution in [2.45, 2.75) is 37.4 Å². The Labute approximate surface area is 101 Å². The predicted molar refractivity (Wildman–Crippen MR) is 52.1 cm³/mol. The minimum absolute atomic E-state index is 0. The Morgan fingerprint density at radius 2 is 1.76 bits per heavy atom. The number of carbonyl (C=O) groups is 1. The standard InChI is InChI=1S/C8H12F5NO2.ClH/c1-16-6(15)5(14)3-2-4-7(9,10)8(11,12)13;/h5H,2-4,14H2,1H3;1H. The van der Waals surface area contributed by atoms with Crippen LogP contribution in [-0.4, -0.2) is 31.2 Å². The van der Waals surface area contributed by atoms with Crippen LogP contribution in [0, 0.1) is 0 Å². The van der Waals surface area contributed by atoms with Crippen molar-refractivity contribution in [3.63, 3.8) is 0 Å². The van der Waals surface area contributed by atoms with E-state index in [2.05, 4.69) is 4.74 Å². The summed E-state index contributed by atoms with van der Waals surface area (Å²) in [5, 5.41) is 0. The number of hydrogen-bond acceptors (Lipinski definition) is 3. The van der Waals surface area contributed by atoms with Gasteiger partial charge in [-0.1, -0.05) is 0 Å². The molecule has 0 aliphatic carbocycles. The molecule has 0 aliphatic heterocycles. The molecule has 0 aromatic carbocycles. The quantitative estimate of drug-likeness (QED) is 0.623. The van der Waals surface area contributed by atoms with E-state index in [1.165, 1.54) is 0 Å². The van der Waals surface area contributed by atoms with Crippen molar-refractivity contribution in [1.29, 1.82) is 0 Å². The zero-order valence-electron chi connectivity index (χ0n) is 8.89. The Hall–Kier alpha value is -0.630. The Kier molecular flexibility index (Phi) is 7.66. The first-order chi connectivity index (χ1) is 7.12. The van der Waals surface area contributed by atoms with E-state index in [-0.39, 0.29) is 18.8 Å². The largest absolute Gasteiger partial charge is 0.468 e. The topological polar surface area (TPSA) is 52.3 Å². The van der Waals surface area contributed by atoms with Gasteiger partial charge in [-0.2, -0.15) is 22.0 Å². The Bertz CT molecular complexity index is 247. The molecular formula is C8H13ClF5NO2. The average Bonchev–Trinajstić information content (AvgIpc) is 2.14. The Morgan fingerprint density at radius 1 is 1.29 bits per heavy atom. The molecule has 0 rings (SSSR count). The number of alkyl halides is 5. The first-order valence-corrected chi connectivity index (χ1v) is 4.40. The van der Waals surface area contributed by atoms with Crippen LogP contribution in [-0.2, 0) is 9.53 Å². The van der Waals surface area contributed by atoms with Gasteiger partial charge in [0.05, 0.1) is 7.11 Å². The number of hydrogen-bond donors (Lipinski definition) is 1. The van der Waals surface area contributed by atoms with Crippen LogP contribution in [0.25, 0.3) is 0 Å². The van der Waals surface area contributed by atoms with Crippen LogP contribution < -0.4 is 5.73 Å². The van der Waals surface area contributed by atoms with Crippen LogP contribution in [0.3, 0.4) is 0 Å². The number of methoxy groups -OCH3 is 1. The Morgan fingerprint density at radius 3 is 2.12 bits per heavy atom. The lowest BCUT2D eigenvalue weighted by Gasteiger charge is -2.19. The highest BCUT2D eigenvalue weighted by molar-refractivity contribution is 5.85. The van der Waals surface area contributed by atoms with Crippen molar-refractivity contribution in [2.75, 3.05) is 7.11 Å². The zero-order valence-corrected chi connectivity index (χ0v) is 9.71. The third-order valence-electron chi connectivity index (χ3n) is 1.92. The van der Waals surface area contributed by atoms with Crippen LogP contribution in [0.2, 0.25) is 0 Å². The molecule has 0 fully saturated rings. The molecule has 1 unspecified atom stereocenters. The molecule has 0 aromatic rings. The summed E-state index contributed by atoms with van der Waals surface area (Å²) in [6, 6.07) is -1.17. The fourth-order valence-corrected chi connectivity index (χ4v) is 0.955. The van der Waals surface area contributed by atoms with Crippen molar-refractivity contribution < 1.29 is 31.5 Å². The van der Waals surface area contributed by atoms with Gasteiger partial charge in [-0.15, -0.1) is 12.4 Å². The lowest BCUT2D eigenvalue weighted by Crippen LogP contribution is -2.37. The molecule has 0 radical (unpaired) electrons. The number of esters is 1. The molecule has 0 amide bonds. The highest BCUT2D eigenvalue weighted by atomic mass is 35.5. The maximum absolute atomic E-state index is 12.4. The lowest BCUT2D eigenvalue weighted by atomic mass is 10.1. The van der Waals surface area contributed by atoms with Gasteiger partial charge in [0, 0.05) is 6.42 Å². The van der Waals surface area contributed by atoms with Crippen molar-refractivity contribution in [2.24, 2.45) is 5.73 Å². The van der Waals surface area contributed by atoms with Gasteiger partial charge in [-0.3, -0.25) is 4.79 Å². The van der Waals surface area contributed by atoms with Gasteiger partial charge in [0.2, 0.25) is 0 Å². The van der Waals surface area contributed by atoms with E-state index in [4.69, 9.17) is 5.73 Å². The highest BCUT2D eigenvalue weighted by Gasteiger charge is 2.56. The van der Waals surface area contributed by atoms with Gasteiger partial charge in [0.25, 0.3) is 0 Å². The van der Waals surface area contributed by atoms with Crippen LogP contribution >= 0.6 is 12.4 Å². The molecule has 3 nitrogen and oxygen atoms in total. The van der Waals surface area contributed by atoms with E-state index in [9.17, 15) is 26.7 Å². The highest BCUT2D eigenvalue weighted by Crippen LogP contribution is 2.39.